The Kier molecular flexibility index (Phi) is 4.37. The second-order valence-electron chi connectivity index (χ2n) is 5.35. The third-order valence-corrected chi connectivity index (χ3v) is 3.76. The summed E-state index contributed by atoms with van der Waals surface area (Å²) in [6.07, 6.45) is 4.16. The Balaban J connectivity index is 1.96. The number of allylic oxidation sites excluding steroid dienone is 3. The van der Waals surface area contributed by atoms with Crippen molar-refractivity contribution in [3.05, 3.63) is 71.6 Å². The summed E-state index contributed by atoms with van der Waals surface area (Å²) in [4.78, 5) is 0. The number of anilines is 2. The van der Waals surface area contributed by atoms with Crippen LogP contribution in [0, 0.1) is 5.82 Å². The quantitative estimate of drug-likeness (QED) is 0.817. The molecule has 0 amide bonds. The largest absolute Gasteiger partial charge is 0.504 e. The fraction of sp³-hybridized carbons (Fsp3) is 0.167. The van der Waals surface area contributed by atoms with Crippen molar-refractivity contribution in [2.45, 2.75) is 6.42 Å². The van der Waals surface area contributed by atoms with E-state index < -0.39 is 0 Å². The topological polar surface area (TPSA) is 59.2 Å². The molecule has 0 fully saturated rings. The van der Waals surface area contributed by atoms with E-state index in [0.29, 0.717) is 23.7 Å². The first-order valence-corrected chi connectivity index (χ1v) is 7.39. The van der Waals surface area contributed by atoms with E-state index in [0.717, 1.165) is 22.4 Å². The van der Waals surface area contributed by atoms with Gasteiger partial charge < -0.3 is 14.8 Å². The molecule has 0 unspecified atom stereocenters. The number of aromatic amines is 1. The van der Waals surface area contributed by atoms with Crippen LogP contribution in [0.3, 0.4) is 0 Å². The molecule has 0 spiro atoms. The number of fused-ring (bicyclic) bond motifs is 1. The van der Waals surface area contributed by atoms with Crippen LogP contribution in [-0.2, 0) is 15.9 Å². The standard InChI is InChI=1S/C18H18FN3O2/c1-11(24-3)7-15-12(10-23-2)8-16-17(15)21-22-18(16)20-14-6-4-5-13(19)9-14/h4-7,9-10H,1,8H2,2-3H3,(H2,20,21,22)/b12-10-,15-7+. The lowest BCUT2D eigenvalue weighted by atomic mass is 10.1. The number of hydrogen-bond acceptors (Lipinski definition) is 4. The average molecular weight is 327 g/mol. The molecule has 0 radical (unpaired) electrons. The van der Waals surface area contributed by atoms with Crippen molar-refractivity contribution in [1.29, 1.82) is 0 Å². The number of nitrogens with one attached hydrogen (secondary N) is 2. The van der Waals surface area contributed by atoms with Crippen LogP contribution >= 0.6 is 0 Å². The van der Waals surface area contributed by atoms with Gasteiger partial charge in [0, 0.05) is 28.8 Å². The number of ether oxygens (including phenoxy) is 2. The Hall–Kier alpha value is -3.02. The Morgan fingerprint density at radius 1 is 1.42 bits per heavy atom. The van der Waals surface area contributed by atoms with E-state index in [1.54, 1.807) is 32.6 Å². The van der Waals surface area contributed by atoms with E-state index in [1.807, 2.05) is 6.08 Å². The molecule has 2 N–H and O–H groups in total. The summed E-state index contributed by atoms with van der Waals surface area (Å²) in [7, 11) is 3.17. The molecule has 2 aromatic rings. The lowest BCUT2D eigenvalue weighted by Gasteiger charge is -2.05. The highest BCUT2D eigenvalue weighted by Gasteiger charge is 2.28. The average Bonchev–Trinajstić information content (AvgIpc) is 3.09. The normalized spacial score (nSPS) is 16.3. The Labute approximate surface area is 139 Å². The summed E-state index contributed by atoms with van der Waals surface area (Å²) in [5.41, 5.74) is 4.40. The van der Waals surface area contributed by atoms with Crippen molar-refractivity contribution < 1.29 is 13.9 Å². The van der Waals surface area contributed by atoms with Crippen LogP contribution in [0.5, 0.6) is 0 Å². The maximum Gasteiger partial charge on any atom is 0.156 e. The third-order valence-electron chi connectivity index (χ3n) is 3.76. The third kappa shape index (κ3) is 3.03. The highest BCUT2D eigenvalue weighted by atomic mass is 19.1. The Morgan fingerprint density at radius 2 is 2.25 bits per heavy atom. The molecule has 5 nitrogen and oxygen atoms in total. The van der Waals surface area contributed by atoms with Crippen LogP contribution in [0.15, 0.2) is 54.5 Å². The molecule has 0 saturated carbocycles. The zero-order valence-corrected chi connectivity index (χ0v) is 13.5. The zero-order chi connectivity index (χ0) is 17.1. The number of H-pyrrole nitrogens is 1. The maximum absolute atomic E-state index is 13.4. The fourth-order valence-electron chi connectivity index (χ4n) is 2.64. The predicted molar refractivity (Wildman–Crippen MR) is 91.2 cm³/mol. The molecule has 1 heterocycles. The Morgan fingerprint density at radius 3 is 2.96 bits per heavy atom. The summed E-state index contributed by atoms with van der Waals surface area (Å²) in [6.45, 7) is 3.83. The second kappa shape index (κ2) is 6.62. The first-order chi connectivity index (χ1) is 11.6. The van der Waals surface area contributed by atoms with Gasteiger partial charge in [0.25, 0.3) is 0 Å². The van der Waals surface area contributed by atoms with Crippen LogP contribution in [-0.4, -0.2) is 24.4 Å². The molecular formula is C18H18FN3O2. The van der Waals surface area contributed by atoms with Crippen molar-refractivity contribution in [2.24, 2.45) is 0 Å². The lowest BCUT2D eigenvalue weighted by molar-refractivity contribution is 0.309. The van der Waals surface area contributed by atoms with E-state index in [4.69, 9.17) is 9.47 Å². The van der Waals surface area contributed by atoms with Crippen molar-refractivity contribution in [1.82, 2.24) is 10.2 Å². The van der Waals surface area contributed by atoms with Gasteiger partial charge in [0.1, 0.15) is 11.6 Å². The van der Waals surface area contributed by atoms with Gasteiger partial charge in [-0.25, -0.2) is 4.39 Å². The molecule has 0 atom stereocenters. The summed E-state index contributed by atoms with van der Waals surface area (Å²) in [5, 5.41) is 10.5. The van der Waals surface area contributed by atoms with Gasteiger partial charge in [-0.05, 0) is 24.3 Å². The molecule has 1 aromatic carbocycles. The molecule has 3 rings (SSSR count). The van der Waals surface area contributed by atoms with Crippen LogP contribution in [0.1, 0.15) is 11.3 Å². The molecular weight excluding hydrogens is 309 g/mol. The highest BCUT2D eigenvalue weighted by molar-refractivity contribution is 5.88. The number of rotatable bonds is 5. The van der Waals surface area contributed by atoms with E-state index in [2.05, 4.69) is 22.1 Å². The van der Waals surface area contributed by atoms with E-state index in [1.165, 1.54) is 12.1 Å². The molecule has 124 valence electrons. The predicted octanol–water partition coefficient (Wildman–Crippen LogP) is 3.92. The van der Waals surface area contributed by atoms with Crippen molar-refractivity contribution in [2.75, 3.05) is 19.5 Å². The number of aromatic nitrogens is 2. The van der Waals surface area contributed by atoms with Gasteiger partial charge in [0.15, 0.2) is 5.82 Å². The van der Waals surface area contributed by atoms with E-state index >= 15 is 0 Å². The minimum atomic E-state index is -0.302. The minimum absolute atomic E-state index is 0.302. The van der Waals surface area contributed by atoms with Crippen LogP contribution < -0.4 is 5.32 Å². The fourth-order valence-corrected chi connectivity index (χ4v) is 2.64. The van der Waals surface area contributed by atoms with E-state index in [-0.39, 0.29) is 5.82 Å². The Bertz CT molecular complexity index is 837. The summed E-state index contributed by atoms with van der Waals surface area (Å²) >= 11 is 0. The smallest absolute Gasteiger partial charge is 0.156 e. The number of hydrogen-bond donors (Lipinski definition) is 2. The molecule has 0 aliphatic heterocycles. The van der Waals surface area contributed by atoms with Gasteiger partial charge in [-0.3, -0.25) is 5.10 Å². The van der Waals surface area contributed by atoms with Gasteiger partial charge in [-0.2, -0.15) is 5.10 Å². The summed E-state index contributed by atoms with van der Waals surface area (Å²) in [6, 6.07) is 6.26. The van der Waals surface area contributed by atoms with Gasteiger partial charge in [0.05, 0.1) is 26.2 Å². The SMILES string of the molecule is C=C(/C=C1\C(=C/OC)Cc2c(Nc3cccc(F)c3)n[nH]c21)OC. The second-order valence-corrected chi connectivity index (χ2v) is 5.35. The van der Waals surface area contributed by atoms with Gasteiger partial charge in [0.2, 0.25) is 0 Å². The highest BCUT2D eigenvalue weighted by Crippen LogP contribution is 2.40. The van der Waals surface area contributed by atoms with Crippen LogP contribution in [0.2, 0.25) is 0 Å². The van der Waals surface area contributed by atoms with Crippen molar-refractivity contribution >= 4 is 17.1 Å². The molecule has 1 aliphatic rings. The van der Waals surface area contributed by atoms with Gasteiger partial charge in [-0.15, -0.1) is 0 Å². The zero-order valence-electron chi connectivity index (χ0n) is 13.5. The van der Waals surface area contributed by atoms with Crippen molar-refractivity contribution in [3.63, 3.8) is 0 Å². The monoisotopic (exact) mass is 327 g/mol. The molecule has 24 heavy (non-hydrogen) atoms. The first-order valence-electron chi connectivity index (χ1n) is 7.39. The molecule has 6 heteroatoms. The first kappa shape index (κ1) is 15.9. The number of methoxy groups -OCH3 is 2. The maximum atomic E-state index is 13.4. The van der Waals surface area contributed by atoms with Crippen molar-refractivity contribution in [3.8, 4) is 0 Å². The minimum Gasteiger partial charge on any atom is -0.504 e. The number of halogens is 1. The number of nitrogens with zero attached hydrogens (tertiary/aromatic N) is 1. The van der Waals surface area contributed by atoms with Gasteiger partial charge in [-0.1, -0.05) is 12.6 Å². The van der Waals surface area contributed by atoms with Crippen LogP contribution in [0.25, 0.3) is 5.57 Å². The summed E-state index contributed by atoms with van der Waals surface area (Å²) in [5.74, 6) is 0.891. The lowest BCUT2D eigenvalue weighted by Crippen LogP contribution is -1.95. The molecule has 0 saturated heterocycles. The van der Waals surface area contributed by atoms with Crippen LogP contribution in [0.4, 0.5) is 15.9 Å². The number of benzene rings is 1. The molecule has 1 aliphatic carbocycles. The summed E-state index contributed by atoms with van der Waals surface area (Å²) < 4.78 is 23.7. The molecule has 1 aromatic heterocycles. The molecule has 0 bridgehead atoms. The van der Waals surface area contributed by atoms with Gasteiger partial charge >= 0.3 is 0 Å². The van der Waals surface area contributed by atoms with E-state index in [9.17, 15) is 4.39 Å².